The summed E-state index contributed by atoms with van der Waals surface area (Å²) in [6.07, 6.45) is 0.0581. The molecular weight excluding hydrogens is 375 g/mol. The molecule has 0 N–H and O–H groups in total. The molecule has 0 aliphatic rings. The molecule has 0 heterocycles. The molecule has 19 heavy (non-hydrogen) atoms. The van der Waals surface area contributed by atoms with Crippen LogP contribution < -0.4 is 0 Å². The normalized spacial score (nSPS) is 10.5. The highest BCUT2D eigenvalue weighted by Gasteiger charge is 2.13. The number of Topliss-reactive ketones (excluding diaryl/α,β-unsaturated/α-hetero) is 1. The van der Waals surface area contributed by atoms with E-state index in [1.54, 1.807) is 18.2 Å². The molecule has 98 valence electrons. The summed E-state index contributed by atoms with van der Waals surface area (Å²) in [7, 11) is 0. The first-order valence-electron chi connectivity index (χ1n) is 5.70. The summed E-state index contributed by atoms with van der Waals surface area (Å²) in [6.45, 7) is 1.87. The van der Waals surface area contributed by atoms with Crippen LogP contribution in [0.15, 0.2) is 45.3 Å². The van der Waals surface area contributed by atoms with E-state index in [4.69, 9.17) is 0 Å². The fourth-order valence-corrected chi connectivity index (χ4v) is 2.61. The zero-order chi connectivity index (χ0) is 14.0. The molecule has 0 spiro atoms. The van der Waals surface area contributed by atoms with Crippen LogP contribution in [0.5, 0.6) is 0 Å². The van der Waals surface area contributed by atoms with Gasteiger partial charge in [0.05, 0.1) is 0 Å². The van der Waals surface area contributed by atoms with E-state index in [1.165, 1.54) is 6.07 Å². The lowest BCUT2D eigenvalue weighted by Crippen LogP contribution is -2.07. The van der Waals surface area contributed by atoms with Gasteiger partial charge < -0.3 is 0 Å². The maximum atomic E-state index is 13.6. The number of rotatable bonds is 3. The molecule has 4 heteroatoms. The number of carbonyl (C=O) groups excluding carboxylic acids is 1. The van der Waals surface area contributed by atoms with Crippen molar-refractivity contribution in [3.8, 4) is 0 Å². The van der Waals surface area contributed by atoms with Gasteiger partial charge in [0.15, 0.2) is 5.78 Å². The van der Waals surface area contributed by atoms with Gasteiger partial charge in [-0.15, -0.1) is 0 Å². The van der Waals surface area contributed by atoms with Crippen LogP contribution in [0.2, 0.25) is 0 Å². The van der Waals surface area contributed by atoms with Gasteiger partial charge in [0.2, 0.25) is 0 Å². The van der Waals surface area contributed by atoms with Crippen LogP contribution >= 0.6 is 31.9 Å². The minimum atomic E-state index is -0.357. The van der Waals surface area contributed by atoms with Gasteiger partial charge in [-0.1, -0.05) is 37.9 Å². The highest BCUT2D eigenvalue weighted by molar-refractivity contribution is 9.10. The van der Waals surface area contributed by atoms with Gasteiger partial charge >= 0.3 is 0 Å². The molecule has 0 aliphatic carbocycles. The Hall–Kier alpha value is -1.00. The summed E-state index contributed by atoms with van der Waals surface area (Å²) in [5.41, 5.74) is 1.91. The van der Waals surface area contributed by atoms with Crippen LogP contribution in [0.4, 0.5) is 4.39 Å². The molecule has 0 amide bonds. The minimum absolute atomic E-state index is 0.0581. The van der Waals surface area contributed by atoms with Crippen molar-refractivity contribution in [2.24, 2.45) is 0 Å². The van der Waals surface area contributed by atoms with Gasteiger partial charge in [-0.25, -0.2) is 4.39 Å². The lowest BCUT2D eigenvalue weighted by Gasteiger charge is -2.07. The van der Waals surface area contributed by atoms with E-state index in [1.807, 2.05) is 19.1 Å². The summed E-state index contributed by atoms with van der Waals surface area (Å²) in [5.74, 6) is -0.444. The molecule has 0 aromatic heterocycles. The van der Waals surface area contributed by atoms with E-state index < -0.39 is 0 Å². The van der Waals surface area contributed by atoms with E-state index in [9.17, 15) is 9.18 Å². The van der Waals surface area contributed by atoms with Crippen molar-refractivity contribution in [3.63, 3.8) is 0 Å². The maximum absolute atomic E-state index is 13.6. The van der Waals surface area contributed by atoms with E-state index in [0.29, 0.717) is 11.1 Å². The van der Waals surface area contributed by atoms with Crippen molar-refractivity contribution in [1.82, 2.24) is 0 Å². The third-order valence-corrected chi connectivity index (χ3v) is 3.85. The number of carbonyl (C=O) groups is 1. The Balaban J connectivity index is 2.30. The molecule has 0 saturated carbocycles. The van der Waals surface area contributed by atoms with Crippen LogP contribution in [0, 0.1) is 12.7 Å². The molecule has 2 rings (SSSR count). The summed E-state index contributed by atoms with van der Waals surface area (Å²) >= 11 is 6.63. The largest absolute Gasteiger partial charge is 0.294 e. The smallest absolute Gasteiger partial charge is 0.167 e. The first-order chi connectivity index (χ1) is 8.97. The molecule has 0 radical (unpaired) electrons. The molecule has 0 saturated heterocycles. The Morgan fingerprint density at radius 3 is 2.47 bits per heavy atom. The van der Waals surface area contributed by atoms with Crippen LogP contribution in [-0.2, 0) is 6.42 Å². The molecule has 0 fully saturated rings. The molecule has 0 atom stereocenters. The van der Waals surface area contributed by atoms with E-state index in [0.717, 1.165) is 14.5 Å². The summed E-state index contributed by atoms with van der Waals surface area (Å²) in [5, 5.41) is 0. The Morgan fingerprint density at radius 2 is 1.74 bits per heavy atom. The molecule has 0 aliphatic heterocycles. The topological polar surface area (TPSA) is 17.1 Å². The quantitative estimate of drug-likeness (QED) is 0.673. The van der Waals surface area contributed by atoms with E-state index >= 15 is 0 Å². The zero-order valence-electron chi connectivity index (χ0n) is 10.2. The van der Waals surface area contributed by atoms with Crippen LogP contribution in [-0.4, -0.2) is 5.78 Å². The van der Waals surface area contributed by atoms with Gasteiger partial charge in [0.25, 0.3) is 0 Å². The highest BCUT2D eigenvalue weighted by atomic mass is 79.9. The predicted octanol–water partition coefficient (Wildman–Crippen LogP) is 5.08. The second-order valence-electron chi connectivity index (χ2n) is 4.29. The SMILES string of the molecule is Cc1ccc(Br)cc1C(=O)Cc1cc(Br)ccc1F. The fraction of sp³-hybridized carbons (Fsp3) is 0.133. The standard InChI is InChI=1S/C15H11Br2FO/c1-9-2-3-12(17)8-13(9)15(19)7-10-6-11(16)4-5-14(10)18/h2-6,8H,7H2,1H3. The van der Waals surface area contributed by atoms with Gasteiger partial charge in [-0.2, -0.15) is 0 Å². The first kappa shape index (κ1) is 14.4. The van der Waals surface area contributed by atoms with Crippen molar-refractivity contribution < 1.29 is 9.18 Å². The number of hydrogen-bond donors (Lipinski definition) is 0. The summed E-state index contributed by atoms with van der Waals surface area (Å²) in [6, 6.07) is 10.1. The van der Waals surface area contributed by atoms with Crippen molar-refractivity contribution in [2.75, 3.05) is 0 Å². The van der Waals surface area contributed by atoms with Gasteiger partial charge in [-0.3, -0.25) is 4.79 Å². The number of aryl methyl sites for hydroxylation is 1. The highest BCUT2D eigenvalue weighted by Crippen LogP contribution is 2.21. The molecular formula is C15H11Br2FO. The van der Waals surface area contributed by atoms with Crippen LogP contribution in [0.1, 0.15) is 21.5 Å². The Morgan fingerprint density at radius 1 is 1.11 bits per heavy atom. The van der Waals surface area contributed by atoms with Gasteiger partial charge in [0, 0.05) is 20.9 Å². The van der Waals surface area contributed by atoms with E-state index in [2.05, 4.69) is 31.9 Å². The molecule has 2 aromatic rings. The van der Waals surface area contributed by atoms with Gasteiger partial charge in [-0.05, 0) is 48.4 Å². The average Bonchev–Trinajstić information content (AvgIpc) is 2.36. The van der Waals surface area contributed by atoms with Gasteiger partial charge in [0.1, 0.15) is 5.82 Å². The zero-order valence-corrected chi connectivity index (χ0v) is 13.4. The average molecular weight is 386 g/mol. The second kappa shape index (κ2) is 5.97. The van der Waals surface area contributed by atoms with Crippen molar-refractivity contribution in [1.29, 1.82) is 0 Å². The molecule has 2 aromatic carbocycles. The van der Waals surface area contributed by atoms with Crippen LogP contribution in [0.25, 0.3) is 0 Å². The summed E-state index contributed by atoms with van der Waals surface area (Å²) < 4.78 is 15.3. The van der Waals surface area contributed by atoms with Crippen molar-refractivity contribution in [2.45, 2.75) is 13.3 Å². The second-order valence-corrected chi connectivity index (χ2v) is 6.13. The minimum Gasteiger partial charge on any atom is -0.294 e. The molecule has 0 unspecified atom stereocenters. The first-order valence-corrected chi connectivity index (χ1v) is 7.29. The summed E-state index contributed by atoms with van der Waals surface area (Å²) in [4.78, 5) is 12.2. The molecule has 0 bridgehead atoms. The lowest BCUT2D eigenvalue weighted by molar-refractivity contribution is 0.0991. The van der Waals surface area contributed by atoms with Crippen molar-refractivity contribution in [3.05, 3.63) is 67.9 Å². The molecule has 1 nitrogen and oxygen atoms in total. The third kappa shape index (κ3) is 3.51. The van der Waals surface area contributed by atoms with Crippen LogP contribution in [0.3, 0.4) is 0 Å². The number of ketones is 1. The number of benzene rings is 2. The Bertz CT molecular complexity index is 638. The third-order valence-electron chi connectivity index (χ3n) is 2.86. The number of hydrogen-bond acceptors (Lipinski definition) is 1. The number of halogens is 3. The Kier molecular flexibility index (Phi) is 4.53. The predicted molar refractivity (Wildman–Crippen MR) is 81.0 cm³/mol. The van der Waals surface area contributed by atoms with Crippen molar-refractivity contribution >= 4 is 37.6 Å². The Labute approximate surface area is 128 Å². The van der Waals surface area contributed by atoms with E-state index in [-0.39, 0.29) is 18.0 Å². The fourth-order valence-electron chi connectivity index (χ4n) is 1.84. The lowest BCUT2D eigenvalue weighted by atomic mass is 9.99. The monoisotopic (exact) mass is 384 g/mol. The maximum Gasteiger partial charge on any atom is 0.167 e.